The molecule has 4 amide bonds. The molecular formula is C43H80N6O8. The second kappa shape index (κ2) is 25.7. The maximum atomic E-state index is 13.1. The third-order valence-electron chi connectivity index (χ3n) is 8.21. The fourth-order valence-corrected chi connectivity index (χ4v) is 5.52. The van der Waals surface area contributed by atoms with Gasteiger partial charge in [-0.15, -0.1) is 0 Å². The average molecular weight is 809 g/mol. The fourth-order valence-electron chi connectivity index (χ4n) is 5.52. The van der Waals surface area contributed by atoms with Crippen molar-refractivity contribution in [2.75, 3.05) is 19.6 Å². The molecule has 1 rings (SSSR count). The molecule has 0 bridgehead atoms. The summed E-state index contributed by atoms with van der Waals surface area (Å²) in [6.45, 7) is 22.9. The van der Waals surface area contributed by atoms with Crippen molar-refractivity contribution in [2.45, 2.75) is 215 Å². The van der Waals surface area contributed by atoms with E-state index in [1.165, 1.54) is 62.7 Å². The molecule has 0 atom stereocenters. The monoisotopic (exact) mass is 809 g/mol. The highest BCUT2D eigenvalue weighted by Crippen LogP contribution is 2.30. The molecule has 57 heavy (non-hydrogen) atoms. The Morgan fingerprint density at radius 3 is 1.12 bits per heavy atom. The van der Waals surface area contributed by atoms with E-state index in [1.807, 2.05) is 20.8 Å². The van der Waals surface area contributed by atoms with Crippen LogP contribution < -0.4 is 16.0 Å². The number of guanidine groups is 2. The molecule has 1 saturated carbocycles. The molecule has 0 saturated heterocycles. The number of carbonyl (C=O) groups excluding carboxylic acids is 4. The summed E-state index contributed by atoms with van der Waals surface area (Å²) in [5, 5.41) is 7.78. The smallest absolute Gasteiger partial charge is 0.417 e. The minimum absolute atomic E-state index is 0.0251. The number of amides is 4. The number of hydrogen-bond acceptors (Lipinski definition) is 10. The Hall–Kier alpha value is -3.58. The predicted molar refractivity (Wildman–Crippen MR) is 228 cm³/mol. The van der Waals surface area contributed by atoms with Crippen LogP contribution in [0.4, 0.5) is 19.2 Å². The molecule has 0 aromatic rings. The third-order valence-corrected chi connectivity index (χ3v) is 8.21. The van der Waals surface area contributed by atoms with Crippen LogP contribution in [0.5, 0.6) is 0 Å². The zero-order valence-corrected chi connectivity index (χ0v) is 37.8. The van der Waals surface area contributed by atoms with Crippen molar-refractivity contribution in [1.29, 1.82) is 0 Å². The van der Waals surface area contributed by atoms with Crippen molar-refractivity contribution in [2.24, 2.45) is 15.9 Å². The first kappa shape index (κ1) is 51.4. The Bertz CT molecular complexity index is 1240. The first-order chi connectivity index (χ1) is 26.4. The maximum Gasteiger partial charge on any atom is 0.417 e. The van der Waals surface area contributed by atoms with Crippen molar-refractivity contribution in [3.63, 3.8) is 0 Å². The number of alkyl carbamates (subject to hydrolysis) is 3. The quantitative estimate of drug-likeness (QED) is 0.0472. The Kier molecular flexibility index (Phi) is 23.2. The number of aliphatic imine (C=N–C) groups is 2. The molecule has 1 fully saturated rings. The number of ether oxygens (including phenoxy) is 4. The van der Waals surface area contributed by atoms with Gasteiger partial charge in [0, 0.05) is 19.6 Å². The van der Waals surface area contributed by atoms with Gasteiger partial charge < -0.3 is 18.9 Å². The van der Waals surface area contributed by atoms with Crippen molar-refractivity contribution >= 4 is 36.3 Å². The lowest BCUT2D eigenvalue weighted by Gasteiger charge is -2.29. The zero-order valence-electron chi connectivity index (χ0n) is 37.8. The zero-order chi connectivity index (χ0) is 43.1. The molecule has 1 aliphatic rings. The van der Waals surface area contributed by atoms with Crippen molar-refractivity contribution in [1.82, 2.24) is 20.9 Å². The van der Waals surface area contributed by atoms with Gasteiger partial charge in [-0.2, -0.15) is 0 Å². The second-order valence-corrected chi connectivity index (χ2v) is 19.2. The summed E-state index contributed by atoms with van der Waals surface area (Å²) in [7, 11) is 0. The van der Waals surface area contributed by atoms with Gasteiger partial charge in [0.2, 0.25) is 11.9 Å². The molecule has 14 nitrogen and oxygen atoms in total. The van der Waals surface area contributed by atoms with Crippen molar-refractivity contribution < 1.29 is 38.1 Å². The van der Waals surface area contributed by atoms with Gasteiger partial charge in [-0.3, -0.25) is 25.9 Å². The second-order valence-electron chi connectivity index (χ2n) is 19.2. The fraction of sp³-hybridized carbons (Fsp3) is 0.860. The number of unbranched alkanes of at least 4 members (excludes halogenated alkanes) is 14. The van der Waals surface area contributed by atoms with Gasteiger partial charge in [0.1, 0.15) is 22.4 Å². The summed E-state index contributed by atoms with van der Waals surface area (Å²) in [6, 6.07) is 0. The van der Waals surface area contributed by atoms with Gasteiger partial charge in [0.05, 0.1) is 0 Å². The van der Waals surface area contributed by atoms with E-state index in [1.54, 1.807) is 62.3 Å². The Labute approximate surface area is 344 Å². The highest BCUT2D eigenvalue weighted by atomic mass is 16.6. The molecule has 0 radical (unpaired) electrons. The number of nitrogens with one attached hydrogen (secondary N) is 3. The van der Waals surface area contributed by atoms with Crippen LogP contribution >= 0.6 is 0 Å². The van der Waals surface area contributed by atoms with E-state index >= 15 is 0 Å². The van der Waals surface area contributed by atoms with E-state index < -0.39 is 46.8 Å². The van der Waals surface area contributed by atoms with Crippen LogP contribution in [0.1, 0.15) is 192 Å². The molecule has 0 heterocycles. The van der Waals surface area contributed by atoms with E-state index in [2.05, 4.69) is 25.9 Å². The maximum absolute atomic E-state index is 13.1. The van der Waals surface area contributed by atoms with Gasteiger partial charge in [-0.05, 0) is 115 Å². The summed E-state index contributed by atoms with van der Waals surface area (Å²) in [4.78, 5) is 60.8. The largest absolute Gasteiger partial charge is 0.444 e. The molecule has 14 heteroatoms. The standard InChI is InChI=1S/C43H80N6O8/c1-40(2,3)54-36(50)46-34(47-37(51)55-41(4,5)6)44-30-26-24-22-20-18-16-14-13-15-17-19-21-23-25-27-31-45-35(48-38(52)56-42(7,8)9)49(32-33-28-29-33)39(53)57-43(10,11)12/h33H,13-32H2,1-12H3,(H,45,48,52)(H2,44,46,47,50,51). The third kappa shape index (κ3) is 31.1. The van der Waals surface area contributed by atoms with Gasteiger partial charge >= 0.3 is 24.4 Å². The Balaban J connectivity index is 2.29. The summed E-state index contributed by atoms with van der Waals surface area (Å²) in [5.74, 6) is 0.603. The van der Waals surface area contributed by atoms with Crippen molar-refractivity contribution in [3.8, 4) is 0 Å². The van der Waals surface area contributed by atoms with E-state index in [4.69, 9.17) is 18.9 Å². The van der Waals surface area contributed by atoms with E-state index in [0.717, 1.165) is 51.4 Å². The minimum Gasteiger partial charge on any atom is -0.444 e. The molecule has 0 spiro atoms. The lowest BCUT2D eigenvalue weighted by atomic mass is 10.0. The van der Waals surface area contributed by atoms with E-state index in [0.29, 0.717) is 25.6 Å². The molecule has 0 aliphatic heterocycles. The number of hydrogen-bond donors (Lipinski definition) is 3. The lowest BCUT2D eigenvalue weighted by molar-refractivity contribution is 0.0350. The van der Waals surface area contributed by atoms with Crippen LogP contribution in [0, 0.1) is 5.92 Å². The lowest BCUT2D eigenvalue weighted by Crippen LogP contribution is -2.50. The number of nitrogens with zero attached hydrogens (tertiary/aromatic N) is 3. The van der Waals surface area contributed by atoms with Crippen LogP contribution in [0.15, 0.2) is 9.98 Å². The van der Waals surface area contributed by atoms with Gasteiger partial charge in [0.25, 0.3) is 0 Å². The van der Waals surface area contributed by atoms with Crippen LogP contribution in [0.3, 0.4) is 0 Å². The summed E-state index contributed by atoms with van der Waals surface area (Å²) < 4.78 is 21.7. The predicted octanol–water partition coefficient (Wildman–Crippen LogP) is 10.8. The SMILES string of the molecule is CC(C)(C)OC(=O)NC(=NCCCCCCCCCCCCCCCCCN=C(NC(=O)OC(C)(C)C)N(CC1CC1)C(=O)OC(C)(C)C)NC(=O)OC(C)(C)C. The minimum atomic E-state index is -0.688. The van der Waals surface area contributed by atoms with Gasteiger partial charge in [-0.25, -0.2) is 24.1 Å². The molecule has 0 aromatic heterocycles. The van der Waals surface area contributed by atoms with Crippen LogP contribution in [0.25, 0.3) is 0 Å². The Morgan fingerprint density at radius 2 is 0.789 bits per heavy atom. The highest BCUT2D eigenvalue weighted by molar-refractivity contribution is 6.02. The van der Waals surface area contributed by atoms with Crippen LogP contribution in [-0.2, 0) is 18.9 Å². The van der Waals surface area contributed by atoms with Gasteiger partial charge in [0.15, 0.2) is 0 Å². The molecular weight excluding hydrogens is 729 g/mol. The summed E-state index contributed by atoms with van der Waals surface area (Å²) in [6.07, 6.45) is 16.7. The molecule has 0 aromatic carbocycles. The Morgan fingerprint density at radius 1 is 0.474 bits per heavy atom. The van der Waals surface area contributed by atoms with Gasteiger partial charge in [-0.1, -0.05) is 83.5 Å². The first-order valence-electron chi connectivity index (χ1n) is 21.5. The molecule has 1 aliphatic carbocycles. The number of carbonyl (C=O) groups is 4. The average Bonchev–Trinajstić information content (AvgIpc) is 3.85. The number of rotatable bonds is 20. The molecule has 3 N–H and O–H groups in total. The highest BCUT2D eigenvalue weighted by Gasteiger charge is 2.34. The van der Waals surface area contributed by atoms with E-state index in [-0.39, 0.29) is 11.9 Å². The molecule has 0 unspecified atom stereocenters. The topological polar surface area (TPSA) is 169 Å². The summed E-state index contributed by atoms with van der Waals surface area (Å²) in [5.41, 5.74) is -2.70. The van der Waals surface area contributed by atoms with Crippen LogP contribution in [-0.4, -0.2) is 83.2 Å². The normalized spacial score (nSPS) is 13.6. The first-order valence-corrected chi connectivity index (χ1v) is 21.5. The van der Waals surface area contributed by atoms with E-state index in [9.17, 15) is 19.2 Å². The van der Waals surface area contributed by atoms with Crippen LogP contribution in [0.2, 0.25) is 0 Å². The molecule has 330 valence electrons. The summed E-state index contributed by atoms with van der Waals surface area (Å²) >= 11 is 0. The van der Waals surface area contributed by atoms with Crippen molar-refractivity contribution in [3.05, 3.63) is 0 Å².